The highest BCUT2D eigenvalue weighted by atomic mass is 16.3. The van der Waals surface area contributed by atoms with Crippen molar-refractivity contribution in [3.05, 3.63) is 23.7 Å². The lowest BCUT2D eigenvalue weighted by molar-refractivity contribution is 0.0770. The smallest absolute Gasteiger partial charge is 0.256 e. The van der Waals surface area contributed by atoms with Crippen molar-refractivity contribution < 1.29 is 9.21 Å². The van der Waals surface area contributed by atoms with Crippen LogP contribution in [0.25, 0.3) is 0 Å². The quantitative estimate of drug-likeness (QED) is 0.891. The maximum atomic E-state index is 12.2. The van der Waals surface area contributed by atoms with Crippen LogP contribution < -0.4 is 5.73 Å². The van der Waals surface area contributed by atoms with E-state index in [4.69, 9.17) is 10.2 Å². The minimum atomic E-state index is 0.00640. The van der Waals surface area contributed by atoms with Crippen molar-refractivity contribution in [3.63, 3.8) is 0 Å². The van der Waals surface area contributed by atoms with Crippen LogP contribution >= 0.6 is 0 Å². The highest BCUT2D eigenvalue weighted by Gasteiger charge is 2.21. The summed E-state index contributed by atoms with van der Waals surface area (Å²) in [5.74, 6) is 0.653. The van der Waals surface area contributed by atoms with Gasteiger partial charge in [-0.3, -0.25) is 4.79 Å². The molecular formula is C15H25N3O2. The molecule has 0 aromatic carbocycles. The van der Waals surface area contributed by atoms with Gasteiger partial charge in [0, 0.05) is 19.6 Å². The summed E-state index contributed by atoms with van der Waals surface area (Å²) >= 11 is 0. The van der Waals surface area contributed by atoms with Gasteiger partial charge >= 0.3 is 0 Å². The summed E-state index contributed by atoms with van der Waals surface area (Å²) < 4.78 is 5.22. The summed E-state index contributed by atoms with van der Waals surface area (Å²) in [5, 5.41) is 0. The lowest BCUT2D eigenvalue weighted by Gasteiger charge is -2.33. The molecule has 2 rings (SSSR count). The molecule has 0 spiro atoms. The summed E-state index contributed by atoms with van der Waals surface area (Å²) in [7, 11) is 4.02. The van der Waals surface area contributed by atoms with Crippen LogP contribution in [0.3, 0.4) is 0 Å². The molecule has 1 aromatic heterocycles. The van der Waals surface area contributed by atoms with Crippen LogP contribution in [0.5, 0.6) is 0 Å². The second kappa shape index (κ2) is 6.90. The molecule has 1 aliphatic rings. The van der Waals surface area contributed by atoms with Gasteiger partial charge in [0.25, 0.3) is 5.91 Å². The average molecular weight is 279 g/mol. The Hall–Kier alpha value is -1.33. The van der Waals surface area contributed by atoms with E-state index >= 15 is 0 Å². The molecule has 1 aliphatic heterocycles. The average Bonchev–Trinajstić information content (AvgIpc) is 2.94. The molecule has 2 heterocycles. The number of likely N-dealkylation sites (tertiary alicyclic amines) is 1. The van der Waals surface area contributed by atoms with E-state index < -0.39 is 0 Å². The van der Waals surface area contributed by atoms with Crippen molar-refractivity contribution >= 4 is 5.91 Å². The highest BCUT2D eigenvalue weighted by Crippen LogP contribution is 2.18. The standard InChI is InChI=1S/C15H25N3O2/c1-17-7-4-3-5-13(17)6-8-18(2)15(19)12-9-14(10-16)20-11-12/h9,11,13H,3-8,10,16H2,1-2H3. The van der Waals surface area contributed by atoms with E-state index in [1.807, 2.05) is 7.05 Å². The molecule has 1 amide bonds. The summed E-state index contributed by atoms with van der Waals surface area (Å²) in [6, 6.07) is 2.33. The summed E-state index contributed by atoms with van der Waals surface area (Å²) in [6.45, 7) is 2.27. The number of hydrogen-bond acceptors (Lipinski definition) is 4. The zero-order valence-corrected chi connectivity index (χ0v) is 12.5. The summed E-state index contributed by atoms with van der Waals surface area (Å²) in [4.78, 5) is 16.4. The first-order valence-electron chi connectivity index (χ1n) is 7.35. The van der Waals surface area contributed by atoms with E-state index in [1.54, 1.807) is 11.0 Å². The van der Waals surface area contributed by atoms with Gasteiger partial charge in [0.05, 0.1) is 12.1 Å². The van der Waals surface area contributed by atoms with E-state index in [-0.39, 0.29) is 5.91 Å². The lowest BCUT2D eigenvalue weighted by Crippen LogP contribution is -2.39. The van der Waals surface area contributed by atoms with Crippen LogP contribution in [0.4, 0.5) is 0 Å². The molecule has 1 fully saturated rings. The number of furan rings is 1. The Morgan fingerprint density at radius 2 is 2.35 bits per heavy atom. The van der Waals surface area contributed by atoms with Crippen molar-refractivity contribution in [3.8, 4) is 0 Å². The maximum Gasteiger partial charge on any atom is 0.256 e. The molecule has 5 nitrogen and oxygen atoms in total. The van der Waals surface area contributed by atoms with Crippen molar-refractivity contribution in [1.29, 1.82) is 0 Å². The van der Waals surface area contributed by atoms with Gasteiger partial charge in [-0.05, 0) is 38.9 Å². The van der Waals surface area contributed by atoms with Gasteiger partial charge in [0.2, 0.25) is 0 Å². The molecule has 1 saturated heterocycles. The molecular weight excluding hydrogens is 254 g/mol. The zero-order chi connectivity index (χ0) is 14.5. The number of piperidine rings is 1. The SMILES string of the molecule is CN(CCC1CCCCN1C)C(=O)c1coc(CN)c1. The molecule has 0 saturated carbocycles. The van der Waals surface area contributed by atoms with Gasteiger partial charge in [-0.25, -0.2) is 0 Å². The van der Waals surface area contributed by atoms with Crippen LogP contribution in [0.15, 0.2) is 16.7 Å². The van der Waals surface area contributed by atoms with Crippen molar-refractivity contribution in [2.75, 3.05) is 27.2 Å². The number of amides is 1. The van der Waals surface area contributed by atoms with E-state index in [0.717, 1.165) is 13.0 Å². The fraction of sp³-hybridized carbons (Fsp3) is 0.667. The number of nitrogens with zero attached hydrogens (tertiary/aromatic N) is 2. The fourth-order valence-electron chi connectivity index (χ4n) is 2.77. The third-order valence-corrected chi connectivity index (χ3v) is 4.17. The van der Waals surface area contributed by atoms with Gasteiger partial charge in [-0.2, -0.15) is 0 Å². The van der Waals surface area contributed by atoms with Gasteiger partial charge in [-0.1, -0.05) is 6.42 Å². The van der Waals surface area contributed by atoms with Crippen LogP contribution in [0, 0.1) is 0 Å². The first-order valence-corrected chi connectivity index (χ1v) is 7.35. The minimum Gasteiger partial charge on any atom is -0.467 e. The van der Waals surface area contributed by atoms with E-state index in [0.29, 0.717) is 23.9 Å². The first-order chi connectivity index (χ1) is 9.61. The number of hydrogen-bond donors (Lipinski definition) is 1. The molecule has 0 aliphatic carbocycles. The van der Waals surface area contributed by atoms with Crippen molar-refractivity contribution in [1.82, 2.24) is 9.80 Å². The molecule has 1 unspecified atom stereocenters. The first kappa shape index (κ1) is 15.1. The fourth-order valence-corrected chi connectivity index (χ4v) is 2.77. The second-order valence-corrected chi connectivity index (χ2v) is 5.65. The van der Waals surface area contributed by atoms with Gasteiger partial charge in [0.1, 0.15) is 12.0 Å². The number of carbonyl (C=O) groups excluding carboxylic acids is 1. The Morgan fingerprint density at radius 1 is 1.55 bits per heavy atom. The third-order valence-electron chi connectivity index (χ3n) is 4.17. The van der Waals surface area contributed by atoms with E-state index in [2.05, 4.69) is 11.9 Å². The Balaban J connectivity index is 1.84. The van der Waals surface area contributed by atoms with Gasteiger partial charge in [-0.15, -0.1) is 0 Å². The molecule has 1 atom stereocenters. The van der Waals surface area contributed by atoms with Gasteiger partial charge < -0.3 is 20.0 Å². The van der Waals surface area contributed by atoms with Crippen molar-refractivity contribution in [2.45, 2.75) is 38.3 Å². The number of carbonyl (C=O) groups is 1. The largest absolute Gasteiger partial charge is 0.467 e. The van der Waals surface area contributed by atoms with Crippen LogP contribution in [-0.4, -0.2) is 48.9 Å². The molecule has 2 N–H and O–H groups in total. The second-order valence-electron chi connectivity index (χ2n) is 5.65. The Bertz CT molecular complexity index is 444. The van der Waals surface area contributed by atoms with E-state index in [1.165, 1.54) is 32.1 Å². The zero-order valence-electron chi connectivity index (χ0n) is 12.5. The molecule has 0 radical (unpaired) electrons. The maximum absolute atomic E-state index is 12.2. The summed E-state index contributed by atoms with van der Waals surface area (Å²) in [5.41, 5.74) is 6.07. The Kier molecular flexibility index (Phi) is 5.20. The van der Waals surface area contributed by atoms with Crippen LogP contribution in [0.2, 0.25) is 0 Å². The number of nitrogens with two attached hydrogens (primary N) is 1. The van der Waals surface area contributed by atoms with E-state index in [9.17, 15) is 4.79 Å². The Labute approximate surface area is 120 Å². The lowest BCUT2D eigenvalue weighted by atomic mass is 10.00. The normalized spacial score (nSPS) is 20.1. The third kappa shape index (κ3) is 3.61. The summed E-state index contributed by atoms with van der Waals surface area (Å²) in [6.07, 6.45) is 6.35. The molecule has 20 heavy (non-hydrogen) atoms. The van der Waals surface area contributed by atoms with Crippen LogP contribution in [-0.2, 0) is 6.54 Å². The van der Waals surface area contributed by atoms with Crippen molar-refractivity contribution in [2.24, 2.45) is 5.73 Å². The molecule has 112 valence electrons. The number of rotatable bonds is 5. The molecule has 0 bridgehead atoms. The topological polar surface area (TPSA) is 62.7 Å². The molecule has 5 heteroatoms. The highest BCUT2D eigenvalue weighted by molar-refractivity contribution is 5.93. The predicted octanol–water partition coefficient (Wildman–Crippen LogP) is 1.68. The predicted molar refractivity (Wildman–Crippen MR) is 78.4 cm³/mol. The Morgan fingerprint density at radius 3 is 3.00 bits per heavy atom. The molecule has 1 aromatic rings. The van der Waals surface area contributed by atoms with Crippen LogP contribution in [0.1, 0.15) is 41.8 Å². The monoisotopic (exact) mass is 279 g/mol. The van der Waals surface area contributed by atoms with Gasteiger partial charge in [0.15, 0.2) is 0 Å². The minimum absolute atomic E-state index is 0.00640.